The summed E-state index contributed by atoms with van der Waals surface area (Å²) in [6.07, 6.45) is 3.98. The van der Waals surface area contributed by atoms with Gasteiger partial charge in [0.2, 0.25) is 0 Å². The van der Waals surface area contributed by atoms with Gasteiger partial charge in [0, 0.05) is 0 Å². The molecule has 0 aromatic carbocycles. The molecule has 1 fully saturated rings. The molecule has 0 heterocycles. The van der Waals surface area contributed by atoms with Gasteiger partial charge in [0.05, 0.1) is 0 Å². The Labute approximate surface area is 69.2 Å². The Morgan fingerprint density at radius 3 is 2.09 bits per heavy atom. The zero-order chi connectivity index (χ0) is 8.48. The van der Waals surface area contributed by atoms with Crippen molar-refractivity contribution in [2.75, 3.05) is 0 Å². The smallest absolute Gasteiger partial charge is 0.100 e. The van der Waals surface area contributed by atoms with Gasteiger partial charge < -0.3 is 0 Å². The van der Waals surface area contributed by atoms with Crippen LogP contribution in [0.4, 0.5) is 4.39 Å². The lowest BCUT2D eigenvalue weighted by Crippen LogP contribution is -2.25. The van der Waals surface area contributed by atoms with Crippen LogP contribution in [-0.4, -0.2) is 6.17 Å². The first kappa shape index (κ1) is 9.02. The lowest BCUT2D eigenvalue weighted by molar-refractivity contribution is 0.129. The summed E-state index contributed by atoms with van der Waals surface area (Å²) in [6, 6.07) is 0. The fourth-order valence-electron chi connectivity index (χ4n) is 1.88. The Morgan fingerprint density at radius 1 is 1.27 bits per heavy atom. The third kappa shape index (κ3) is 2.46. The molecular formula is C10H19F. The SMILES string of the molecule is CC(F)C1CCC(C)(C)CC1. The van der Waals surface area contributed by atoms with Crippen molar-refractivity contribution in [1.29, 1.82) is 0 Å². The van der Waals surface area contributed by atoms with Crippen LogP contribution < -0.4 is 0 Å². The van der Waals surface area contributed by atoms with E-state index in [9.17, 15) is 4.39 Å². The minimum Gasteiger partial charge on any atom is -0.247 e. The zero-order valence-corrected chi connectivity index (χ0v) is 7.86. The maximum atomic E-state index is 12.8. The van der Waals surface area contributed by atoms with Crippen molar-refractivity contribution < 1.29 is 4.39 Å². The average molecular weight is 158 g/mol. The molecule has 1 rings (SSSR count). The van der Waals surface area contributed by atoms with Gasteiger partial charge in [0.25, 0.3) is 0 Å². The highest BCUT2D eigenvalue weighted by Gasteiger charge is 2.29. The molecule has 1 saturated carbocycles. The molecule has 0 aromatic heterocycles. The van der Waals surface area contributed by atoms with Gasteiger partial charge in [-0.2, -0.15) is 0 Å². The summed E-state index contributed by atoms with van der Waals surface area (Å²) in [4.78, 5) is 0. The third-order valence-electron chi connectivity index (χ3n) is 3.03. The fourth-order valence-corrected chi connectivity index (χ4v) is 1.88. The van der Waals surface area contributed by atoms with Gasteiger partial charge in [0.1, 0.15) is 6.17 Å². The van der Waals surface area contributed by atoms with Crippen molar-refractivity contribution in [3.05, 3.63) is 0 Å². The molecule has 0 nitrogen and oxygen atoms in total. The molecule has 0 N–H and O–H groups in total. The Balaban J connectivity index is 2.36. The van der Waals surface area contributed by atoms with Crippen molar-refractivity contribution in [2.24, 2.45) is 11.3 Å². The van der Waals surface area contributed by atoms with Gasteiger partial charge in [-0.15, -0.1) is 0 Å². The normalized spacial score (nSPS) is 28.4. The number of halogens is 1. The summed E-state index contributed by atoms with van der Waals surface area (Å²) in [7, 11) is 0. The molecule has 1 aliphatic rings. The molecule has 11 heavy (non-hydrogen) atoms. The van der Waals surface area contributed by atoms with E-state index < -0.39 is 6.17 Å². The van der Waals surface area contributed by atoms with E-state index in [4.69, 9.17) is 0 Å². The predicted octanol–water partition coefficient (Wildman–Crippen LogP) is 3.56. The number of hydrogen-bond donors (Lipinski definition) is 0. The van der Waals surface area contributed by atoms with Crippen molar-refractivity contribution >= 4 is 0 Å². The van der Waals surface area contributed by atoms with E-state index in [1.54, 1.807) is 6.92 Å². The van der Waals surface area contributed by atoms with E-state index in [0.29, 0.717) is 11.3 Å². The summed E-state index contributed by atoms with van der Waals surface area (Å²) in [5, 5.41) is 0. The highest BCUT2D eigenvalue weighted by atomic mass is 19.1. The molecule has 0 aliphatic heterocycles. The van der Waals surface area contributed by atoms with Crippen molar-refractivity contribution in [1.82, 2.24) is 0 Å². The Hall–Kier alpha value is -0.0700. The molecule has 66 valence electrons. The summed E-state index contributed by atoms with van der Waals surface area (Å²) in [5.41, 5.74) is 0.478. The second-order valence-corrected chi connectivity index (χ2v) is 4.68. The van der Waals surface area contributed by atoms with Crippen LogP contribution in [0.25, 0.3) is 0 Å². The highest BCUT2D eigenvalue weighted by molar-refractivity contribution is 4.80. The molecular weight excluding hydrogens is 139 g/mol. The van der Waals surface area contributed by atoms with Crippen LogP contribution in [0.2, 0.25) is 0 Å². The van der Waals surface area contributed by atoms with Gasteiger partial charge >= 0.3 is 0 Å². The average Bonchev–Trinajstić information content (AvgIpc) is 1.86. The number of hydrogen-bond acceptors (Lipinski definition) is 0. The molecule has 0 aromatic rings. The van der Waals surface area contributed by atoms with Crippen LogP contribution in [0.1, 0.15) is 46.5 Å². The molecule has 0 bridgehead atoms. The minimum absolute atomic E-state index is 0.350. The number of alkyl halides is 1. The third-order valence-corrected chi connectivity index (χ3v) is 3.03. The largest absolute Gasteiger partial charge is 0.247 e. The van der Waals surface area contributed by atoms with E-state index in [1.165, 1.54) is 12.8 Å². The second-order valence-electron chi connectivity index (χ2n) is 4.68. The molecule has 1 unspecified atom stereocenters. The van der Waals surface area contributed by atoms with Gasteiger partial charge in [-0.1, -0.05) is 13.8 Å². The van der Waals surface area contributed by atoms with Crippen molar-refractivity contribution in [3.63, 3.8) is 0 Å². The molecule has 0 saturated heterocycles. The summed E-state index contributed by atoms with van der Waals surface area (Å²) >= 11 is 0. The van der Waals surface area contributed by atoms with Gasteiger partial charge in [0.15, 0.2) is 0 Å². The van der Waals surface area contributed by atoms with E-state index in [1.807, 2.05) is 0 Å². The van der Waals surface area contributed by atoms with Crippen LogP contribution in [0.15, 0.2) is 0 Å². The standard InChI is InChI=1S/C10H19F/c1-8(11)9-4-6-10(2,3)7-5-9/h8-9H,4-7H2,1-3H3. The van der Waals surface area contributed by atoms with Crippen LogP contribution in [0.3, 0.4) is 0 Å². The molecule has 1 aliphatic carbocycles. The first-order valence-corrected chi connectivity index (χ1v) is 4.65. The lowest BCUT2D eigenvalue weighted by Gasteiger charge is -2.34. The Morgan fingerprint density at radius 2 is 1.73 bits per heavy atom. The molecule has 1 heteroatoms. The Bertz CT molecular complexity index is 117. The maximum Gasteiger partial charge on any atom is 0.100 e. The number of rotatable bonds is 1. The van der Waals surface area contributed by atoms with E-state index in [-0.39, 0.29) is 0 Å². The molecule has 0 spiro atoms. The summed E-state index contributed by atoms with van der Waals surface area (Å²) in [6.45, 7) is 6.27. The summed E-state index contributed by atoms with van der Waals surface area (Å²) in [5.74, 6) is 0.350. The first-order chi connectivity index (χ1) is 5.01. The highest BCUT2D eigenvalue weighted by Crippen LogP contribution is 2.39. The molecule has 0 radical (unpaired) electrons. The van der Waals surface area contributed by atoms with E-state index >= 15 is 0 Å². The van der Waals surface area contributed by atoms with Crippen LogP contribution in [0.5, 0.6) is 0 Å². The monoisotopic (exact) mass is 158 g/mol. The van der Waals surface area contributed by atoms with E-state index in [0.717, 1.165) is 12.8 Å². The second kappa shape index (κ2) is 3.12. The van der Waals surface area contributed by atoms with Crippen molar-refractivity contribution in [3.8, 4) is 0 Å². The predicted molar refractivity (Wildman–Crippen MR) is 46.3 cm³/mol. The summed E-state index contributed by atoms with van der Waals surface area (Å²) < 4.78 is 12.8. The quantitative estimate of drug-likeness (QED) is 0.547. The topological polar surface area (TPSA) is 0 Å². The zero-order valence-electron chi connectivity index (χ0n) is 7.86. The molecule has 0 amide bonds. The van der Waals surface area contributed by atoms with Crippen LogP contribution >= 0.6 is 0 Å². The van der Waals surface area contributed by atoms with E-state index in [2.05, 4.69) is 13.8 Å². The molecule has 1 atom stereocenters. The minimum atomic E-state index is -0.592. The van der Waals surface area contributed by atoms with Crippen molar-refractivity contribution in [2.45, 2.75) is 52.6 Å². The maximum absolute atomic E-state index is 12.8. The van der Waals surface area contributed by atoms with Gasteiger partial charge in [-0.3, -0.25) is 0 Å². The van der Waals surface area contributed by atoms with Gasteiger partial charge in [-0.05, 0) is 43.9 Å². The van der Waals surface area contributed by atoms with Crippen LogP contribution in [-0.2, 0) is 0 Å². The fraction of sp³-hybridized carbons (Fsp3) is 1.00. The van der Waals surface area contributed by atoms with Gasteiger partial charge in [-0.25, -0.2) is 4.39 Å². The Kier molecular flexibility index (Phi) is 2.56. The lowest BCUT2D eigenvalue weighted by atomic mass is 9.72. The van der Waals surface area contributed by atoms with Crippen LogP contribution in [0, 0.1) is 11.3 Å². The first-order valence-electron chi connectivity index (χ1n) is 4.65.